The zero-order valence-electron chi connectivity index (χ0n) is 14.6. The second-order valence-electron chi connectivity index (χ2n) is 6.99. The van der Waals surface area contributed by atoms with Gasteiger partial charge < -0.3 is 10.6 Å². The average molecular weight is 336 g/mol. The molecule has 0 aliphatic rings. The summed E-state index contributed by atoms with van der Waals surface area (Å²) in [5.41, 5.74) is 0.747. The number of Topliss-reactive ketones (excluding diaryl/α,β-unsaturated/α-hetero) is 1. The Balaban J connectivity index is 2.78. The number of anilines is 1. The third kappa shape index (κ3) is 6.10. The van der Waals surface area contributed by atoms with Crippen LogP contribution in [0.1, 0.15) is 39.7 Å². The van der Waals surface area contributed by atoms with Gasteiger partial charge in [-0.25, -0.2) is 4.39 Å². The van der Waals surface area contributed by atoms with E-state index in [9.17, 15) is 18.8 Å². The number of hydrogen-bond donors (Lipinski definition) is 2. The van der Waals surface area contributed by atoms with E-state index in [1.165, 1.54) is 6.07 Å². The summed E-state index contributed by atoms with van der Waals surface area (Å²) < 4.78 is 14.1. The molecule has 0 spiro atoms. The molecule has 1 unspecified atom stereocenters. The third-order valence-corrected chi connectivity index (χ3v) is 3.57. The fraction of sp³-hybridized carbons (Fsp3) is 0.500. The van der Waals surface area contributed by atoms with Crippen LogP contribution in [-0.4, -0.2) is 24.6 Å². The molecule has 2 amide bonds. The van der Waals surface area contributed by atoms with Crippen LogP contribution in [0.25, 0.3) is 0 Å². The normalized spacial score (nSPS) is 12.4. The van der Waals surface area contributed by atoms with Crippen molar-refractivity contribution >= 4 is 23.8 Å². The van der Waals surface area contributed by atoms with Crippen molar-refractivity contribution in [2.75, 3.05) is 11.9 Å². The molecule has 1 rings (SSSR count). The molecule has 24 heavy (non-hydrogen) atoms. The molecule has 1 aromatic carbocycles. The zero-order valence-corrected chi connectivity index (χ0v) is 14.6. The van der Waals surface area contributed by atoms with Crippen LogP contribution in [0.3, 0.4) is 0 Å². The summed E-state index contributed by atoms with van der Waals surface area (Å²) in [6.07, 6.45) is 1.48. The Hall–Kier alpha value is -2.24. The second kappa shape index (κ2) is 8.57. The van der Waals surface area contributed by atoms with E-state index in [0.717, 1.165) is 0 Å². The first-order valence-electron chi connectivity index (χ1n) is 7.98. The molecule has 132 valence electrons. The average Bonchev–Trinajstić information content (AvgIpc) is 2.49. The number of hydrogen-bond acceptors (Lipinski definition) is 3. The molecular weight excluding hydrogens is 311 g/mol. The SMILES string of the molecule is CCC(CNC=O)C(=O)C(=O)Nc1ccc(CC(C)(C)C)c(F)c1. The smallest absolute Gasteiger partial charge is 0.292 e. The Labute approximate surface area is 142 Å². The van der Waals surface area contributed by atoms with E-state index in [-0.39, 0.29) is 17.6 Å². The Morgan fingerprint density at radius 1 is 1.29 bits per heavy atom. The number of halogens is 1. The summed E-state index contributed by atoms with van der Waals surface area (Å²) in [7, 11) is 0. The van der Waals surface area contributed by atoms with Gasteiger partial charge in [-0.1, -0.05) is 33.8 Å². The van der Waals surface area contributed by atoms with Crippen LogP contribution < -0.4 is 10.6 Å². The summed E-state index contributed by atoms with van der Waals surface area (Å²) in [5.74, 6) is -2.45. The minimum absolute atomic E-state index is 0.0541. The highest BCUT2D eigenvalue weighted by Crippen LogP contribution is 2.24. The largest absolute Gasteiger partial charge is 0.358 e. The van der Waals surface area contributed by atoms with Crippen LogP contribution in [0.5, 0.6) is 0 Å². The standard InChI is InChI=1S/C18H25FN2O3/c1-5-12(10-20-11-22)16(23)17(24)21-14-7-6-13(15(19)8-14)9-18(2,3)4/h6-8,11-12H,5,9-10H2,1-4H3,(H,20,22)(H,21,24). The van der Waals surface area contributed by atoms with Gasteiger partial charge in [0.2, 0.25) is 12.2 Å². The molecule has 2 N–H and O–H groups in total. The second-order valence-corrected chi connectivity index (χ2v) is 6.99. The molecule has 0 aliphatic carbocycles. The van der Waals surface area contributed by atoms with Gasteiger partial charge in [-0.2, -0.15) is 0 Å². The first-order chi connectivity index (χ1) is 11.2. The van der Waals surface area contributed by atoms with Gasteiger partial charge in [0.25, 0.3) is 5.91 Å². The highest BCUT2D eigenvalue weighted by atomic mass is 19.1. The molecule has 0 saturated carbocycles. The first-order valence-corrected chi connectivity index (χ1v) is 7.98. The topological polar surface area (TPSA) is 75.3 Å². The molecule has 5 nitrogen and oxygen atoms in total. The van der Waals surface area contributed by atoms with Gasteiger partial charge in [-0.3, -0.25) is 14.4 Å². The Morgan fingerprint density at radius 2 is 1.96 bits per heavy atom. The number of ketones is 1. The summed E-state index contributed by atoms with van der Waals surface area (Å²) >= 11 is 0. The van der Waals surface area contributed by atoms with Crippen molar-refractivity contribution in [2.45, 2.75) is 40.5 Å². The van der Waals surface area contributed by atoms with E-state index >= 15 is 0 Å². The van der Waals surface area contributed by atoms with Crippen molar-refractivity contribution in [3.05, 3.63) is 29.6 Å². The molecule has 6 heteroatoms. The van der Waals surface area contributed by atoms with E-state index in [4.69, 9.17) is 0 Å². The summed E-state index contributed by atoms with van der Waals surface area (Å²) in [5, 5.41) is 4.82. The van der Waals surface area contributed by atoms with E-state index in [1.807, 2.05) is 20.8 Å². The summed E-state index contributed by atoms with van der Waals surface area (Å²) in [4.78, 5) is 34.4. The van der Waals surface area contributed by atoms with Gasteiger partial charge in [0.1, 0.15) is 5.82 Å². The van der Waals surface area contributed by atoms with Gasteiger partial charge in [0.05, 0.1) is 0 Å². The van der Waals surface area contributed by atoms with Crippen molar-refractivity contribution in [3.8, 4) is 0 Å². The number of carbonyl (C=O) groups excluding carboxylic acids is 3. The third-order valence-electron chi connectivity index (χ3n) is 3.57. The van der Waals surface area contributed by atoms with E-state index in [0.29, 0.717) is 24.8 Å². The number of nitrogens with one attached hydrogen (secondary N) is 2. The maximum atomic E-state index is 14.1. The minimum atomic E-state index is -0.808. The van der Waals surface area contributed by atoms with Gasteiger partial charge in [0, 0.05) is 18.2 Å². The lowest BCUT2D eigenvalue weighted by atomic mass is 9.88. The molecule has 0 fully saturated rings. The molecular formula is C18H25FN2O3. The molecule has 0 radical (unpaired) electrons. The van der Waals surface area contributed by atoms with Crippen molar-refractivity contribution in [1.82, 2.24) is 5.32 Å². The Bertz CT molecular complexity index is 609. The van der Waals surface area contributed by atoms with Crippen LogP contribution in [0.4, 0.5) is 10.1 Å². The lowest BCUT2D eigenvalue weighted by Gasteiger charge is -2.19. The Morgan fingerprint density at radius 3 is 2.46 bits per heavy atom. The zero-order chi connectivity index (χ0) is 18.3. The molecule has 1 aromatic rings. The fourth-order valence-electron chi connectivity index (χ4n) is 2.33. The van der Waals surface area contributed by atoms with Crippen LogP contribution in [0, 0.1) is 17.2 Å². The molecule has 0 heterocycles. The summed E-state index contributed by atoms with van der Waals surface area (Å²) in [6.45, 7) is 7.89. The number of carbonyl (C=O) groups is 3. The van der Waals surface area contributed by atoms with Crippen molar-refractivity contribution < 1.29 is 18.8 Å². The predicted molar refractivity (Wildman–Crippen MR) is 91.0 cm³/mol. The van der Waals surface area contributed by atoms with Crippen molar-refractivity contribution in [3.63, 3.8) is 0 Å². The number of amides is 2. The Kier molecular flexibility index (Phi) is 7.07. The molecule has 0 bridgehead atoms. The van der Waals surface area contributed by atoms with Crippen LogP contribution in [-0.2, 0) is 20.8 Å². The van der Waals surface area contributed by atoms with Crippen molar-refractivity contribution in [2.24, 2.45) is 11.3 Å². The maximum Gasteiger partial charge on any atom is 0.292 e. The molecule has 0 aliphatic heterocycles. The van der Waals surface area contributed by atoms with E-state index in [2.05, 4.69) is 10.6 Å². The van der Waals surface area contributed by atoms with Gasteiger partial charge in [-0.05, 0) is 36.0 Å². The first kappa shape index (κ1) is 19.8. The number of benzene rings is 1. The minimum Gasteiger partial charge on any atom is -0.358 e. The highest BCUT2D eigenvalue weighted by molar-refractivity contribution is 6.41. The van der Waals surface area contributed by atoms with Crippen LogP contribution in [0.2, 0.25) is 0 Å². The lowest BCUT2D eigenvalue weighted by molar-refractivity contribution is -0.137. The monoisotopic (exact) mass is 336 g/mol. The lowest BCUT2D eigenvalue weighted by Crippen LogP contribution is -2.35. The maximum absolute atomic E-state index is 14.1. The van der Waals surface area contributed by atoms with E-state index < -0.39 is 23.4 Å². The van der Waals surface area contributed by atoms with Gasteiger partial charge >= 0.3 is 0 Å². The van der Waals surface area contributed by atoms with Crippen LogP contribution in [0.15, 0.2) is 18.2 Å². The van der Waals surface area contributed by atoms with E-state index in [1.54, 1.807) is 19.1 Å². The summed E-state index contributed by atoms with van der Waals surface area (Å²) in [6, 6.07) is 4.42. The fourth-order valence-corrected chi connectivity index (χ4v) is 2.33. The van der Waals surface area contributed by atoms with Crippen molar-refractivity contribution in [1.29, 1.82) is 0 Å². The molecule has 0 aromatic heterocycles. The molecule has 0 saturated heterocycles. The van der Waals surface area contributed by atoms with Gasteiger partial charge in [-0.15, -0.1) is 0 Å². The molecule has 1 atom stereocenters. The van der Waals surface area contributed by atoms with Crippen LogP contribution >= 0.6 is 0 Å². The van der Waals surface area contributed by atoms with Gasteiger partial charge in [0.15, 0.2) is 0 Å². The quantitative estimate of drug-likeness (QED) is 0.566. The predicted octanol–water partition coefficient (Wildman–Crippen LogP) is 2.69. The highest BCUT2D eigenvalue weighted by Gasteiger charge is 2.24. The number of rotatable bonds is 8.